The van der Waals surface area contributed by atoms with Crippen LogP contribution in [0.2, 0.25) is 40.2 Å². The molecule has 4 amide bonds. The van der Waals surface area contributed by atoms with Gasteiger partial charge >= 0.3 is 30.8 Å². The number of nitrogens with zero attached hydrogens (tertiary/aromatic N) is 3. The van der Waals surface area contributed by atoms with E-state index in [4.69, 9.17) is 122 Å². The maximum atomic E-state index is 12.6. The molecule has 127 heavy (non-hydrogen) atoms. The van der Waals surface area contributed by atoms with Crippen molar-refractivity contribution in [3.8, 4) is 57.5 Å². The van der Waals surface area contributed by atoms with Gasteiger partial charge in [-0.1, -0.05) is 130 Å². The SMILES string of the molecule is COc1cc(CC[C@@H](C)C[S@](=O)C(C)(C)C)ccc1O.COc1cc(CC[C@@H](C)N)ccc1O.COc1cc(CC[C@@H](C)N2C(=O)c3cc(Cl)c(Cl)cc3C2=O)ccc1O.COc1cc(CC[C@@H](C)N2Cc3cc(Cl)c(Cl)cc3C2=O)ccc1O.COc1cc(CC[C@@H](C)N2Cc3cc(Cl)c(Cl)cc3C2=O)ccc1O.Cl.Cl.O=C1OC(=O)c2cc(Cl)c(Cl)cc21.[AlH3].[H-].[Li+]. The second kappa shape index (κ2) is 51.2. The third kappa shape index (κ3) is 30.2. The van der Waals surface area contributed by atoms with Crippen molar-refractivity contribution in [3.63, 3.8) is 0 Å². The molecule has 7 N–H and O–H groups in total. The van der Waals surface area contributed by atoms with Gasteiger partial charge in [-0.2, -0.15) is 0 Å². The number of aromatic hydroxyl groups is 5. The van der Waals surface area contributed by atoms with Crippen molar-refractivity contribution in [2.45, 2.75) is 162 Å². The summed E-state index contributed by atoms with van der Waals surface area (Å²) in [7, 11) is 6.83. The van der Waals surface area contributed by atoms with Crippen molar-refractivity contribution in [2.75, 3.05) is 41.3 Å². The Kier molecular flexibility index (Phi) is 45.0. The molecule has 4 heterocycles. The van der Waals surface area contributed by atoms with Crippen LogP contribution in [-0.4, -0.2) is 168 Å². The maximum Gasteiger partial charge on any atom is 1.00 e. The van der Waals surface area contributed by atoms with Crippen LogP contribution in [0.15, 0.2) is 140 Å². The number of ether oxygens (including phenoxy) is 6. The van der Waals surface area contributed by atoms with Gasteiger partial charge in [0.25, 0.3) is 23.6 Å². The monoisotopic (exact) mass is 1970 g/mol. The molecule has 4 aliphatic heterocycles. The molecular formula is C92H106AlCl10LiN4O18S. The number of rotatable bonds is 25. The van der Waals surface area contributed by atoms with E-state index in [0.717, 1.165) is 96.1 Å². The number of amides is 4. The number of esters is 2. The third-order valence-corrected chi connectivity index (χ3v) is 25.9. The summed E-state index contributed by atoms with van der Waals surface area (Å²) >= 11 is 47.4. The van der Waals surface area contributed by atoms with Crippen LogP contribution < -0.4 is 48.3 Å². The van der Waals surface area contributed by atoms with Crippen molar-refractivity contribution in [1.82, 2.24) is 14.7 Å². The molecule has 13 rings (SSSR count). The normalized spacial score (nSPS) is 13.9. The van der Waals surface area contributed by atoms with Gasteiger partial charge in [-0.15, -0.1) is 24.8 Å². The number of benzene rings is 9. The van der Waals surface area contributed by atoms with E-state index in [1.165, 1.54) is 50.5 Å². The number of imide groups is 1. The van der Waals surface area contributed by atoms with Crippen LogP contribution in [0.25, 0.3) is 0 Å². The molecule has 0 radical (unpaired) electrons. The van der Waals surface area contributed by atoms with E-state index in [2.05, 4.69) is 11.7 Å². The number of phenolic OH excluding ortho intramolecular Hbond substituents is 5. The number of cyclic esters (lactones) is 2. The van der Waals surface area contributed by atoms with Crippen LogP contribution in [-0.2, 0) is 60.7 Å². The fourth-order valence-corrected chi connectivity index (χ4v) is 16.0. The molecule has 0 unspecified atom stereocenters. The van der Waals surface area contributed by atoms with E-state index in [1.807, 2.05) is 107 Å². The zero-order valence-corrected chi connectivity index (χ0v) is 80.6. The molecular weight excluding hydrogens is 1870 g/mol. The van der Waals surface area contributed by atoms with E-state index in [1.54, 1.807) is 80.9 Å². The molecule has 0 fully saturated rings. The predicted octanol–water partition coefficient (Wildman–Crippen LogP) is 18.0. The summed E-state index contributed by atoms with van der Waals surface area (Å²) in [6.07, 6.45) is 8.08. The maximum absolute atomic E-state index is 12.6. The Hall–Kier alpha value is -7.66. The molecule has 0 saturated heterocycles. The molecule has 35 heteroatoms. The number of carbonyl (C=O) groups excluding carboxylic acids is 6. The summed E-state index contributed by atoms with van der Waals surface area (Å²) in [5, 5.41) is 50.6. The Bertz CT molecular complexity index is 5190. The minimum absolute atomic E-state index is 0. The summed E-state index contributed by atoms with van der Waals surface area (Å²) < 4.78 is 41.8. The average Bonchev–Trinajstić information content (AvgIpc) is 1.16. The van der Waals surface area contributed by atoms with Gasteiger partial charge < -0.3 is 70.9 Å². The molecule has 22 nitrogen and oxygen atoms in total. The number of hydrogen-bond acceptors (Lipinski definition) is 19. The Morgan fingerprint density at radius 3 is 0.921 bits per heavy atom. The molecule has 0 saturated carbocycles. The zero-order chi connectivity index (χ0) is 90.8. The first-order chi connectivity index (χ1) is 58.1. The molecule has 9 aromatic carbocycles. The number of aryl methyl sites for hydroxylation is 5. The zero-order valence-electron chi connectivity index (χ0n) is 73.1. The first-order valence-electron chi connectivity index (χ1n) is 39.2. The smallest absolute Gasteiger partial charge is 1.00 e. The fourth-order valence-electron chi connectivity index (χ4n) is 13.5. The minimum atomic E-state index is -0.800. The standard InChI is InChI=1S/C19H17Cl2NO4.2C19H19Cl2NO3.C16H26O3S.C11H17NO2.C8H2Cl2O3.Al.2ClH.Li.4H/c1-10(3-4-11-5-6-16(23)17(7-11)26-2)22-18(24)12-8-14(20)15(21)9-13(12)19(22)25;2*1-11(3-4-12-5-6-17(23)18(7-12)25-2)22-10-13-8-15(20)16(21)9-14(13)19(22)24;1-12(11-20(18)16(2,3)4)6-7-13-8-9-14(17)15(10-13)19-5;1-8(12)3-4-9-5-6-10(13)11(7-9)14-2;9-5-1-3-4(2-6(5)10)8(12)13-7(3)11;;;;;;;;/h5-10,23H,3-4H2,1-2H3;2*5-9,11,23H,3-4,10H2,1-2H3;8-10,12,17H,6-7,11H2,1-5H3;5-8,13H,3-4,12H2,1-2H3;1-2H;;2*1H;;;;;/q;;;;;;;;;+1;;;;-1/t10-;2*11-;12-,20+;8-;;;;;;;;;/m11111........./s1. The van der Waals surface area contributed by atoms with Gasteiger partial charge in [0.1, 0.15) is 0 Å². The predicted molar refractivity (Wildman–Crippen MR) is 510 cm³/mol. The van der Waals surface area contributed by atoms with Crippen LogP contribution >= 0.6 is 118 Å². The first-order valence-corrected chi connectivity index (χ1v) is 43.6. The average molecular weight is 1980 g/mol. The number of hydrogen-bond donors (Lipinski definition) is 6. The van der Waals surface area contributed by atoms with Crippen LogP contribution in [0, 0.1) is 5.92 Å². The van der Waals surface area contributed by atoms with Gasteiger partial charge in [0.15, 0.2) is 74.9 Å². The molecule has 0 aromatic heterocycles. The van der Waals surface area contributed by atoms with E-state index in [0.29, 0.717) is 91.8 Å². The Labute approximate surface area is 820 Å². The van der Waals surface area contributed by atoms with Crippen LogP contribution in [0.4, 0.5) is 0 Å². The van der Waals surface area contributed by atoms with Crippen molar-refractivity contribution < 1.29 is 107 Å². The van der Waals surface area contributed by atoms with E-state index in [9.17, 15) is 58.5 Å². The summed E-state index contributed by atoms with van der Waals surface area (Å²) in [6, 6.07) is 38.9. The Morgan fingerprint density at radius 1 is 0.394 bits per heavy atom. The van der Waals surface area contributed by atoms with Gasteiger partial charge in [0.05, 0.1) is 98.0 Å². The molecule has 4 aliphatic rings. The van der Waals surface area contributed by atoms with Crippen LogP contribution in [0.1, 0.15) is 190 Å². The number of halogens is 10. The fraction of sp³-hybridized carbons (Fsp3) is 0.348. The number of carbonyl (C=O) groups is 6. The van der Waals surface area contributed by atoms with Gasteiger partial charge in [0, 0.05) is 69.7 Å². The van der Waals surface area contributed by atoms with Crippen molar-refractivity contribution >= 4 is 181 Å². The molecule has 6 atom stereocenters. The summed E-state index contributed by atoms with van der Waals surface area (Å²) in [4.78, 5) is 77.4. The minimum Gasteiger partial charge on any atom is -1.00 e. The summed E-state index contributed by atoms with van der Waals surface area (Å²) in [6.45, 7) is 17.1. The molecule has 0 aliphatic carbocycles. The van der Waals surface area contributed by atoms with Crippen LogP contribution in [0.3, 0.4) is 0 Å². The molecule has 0 bridgehead atoms. The summed E-state index contributed by atoms with van der Waals surface area (Å²) in [5.74, 6) is 2.03. The van der Waals surface area contributed by atoms with Gasteiger partial charge in [-0.25, -0.2) is 9.59 Å². The Morgan fingerprint density at radius 2 is 0.646 bits per heavy atom. The largest absolute Gasteiger partial charge is 1.00 e. The van der Waals surface area contributed by atoms with Crippen molar-refractivity contribution in [3.05, 3.63) is 252 Å². The molecule has 0 spiro atoms. The molecule has 9 aromatic rings. The second-order valence-electron chi connectivity index (χ2n) is 31.0. The Balaban J connectivity index is 0.000000399. The quantitative estimate of drug-likeness (QED) is 0.0134. The number of methoxy groups -OCH3 is 5. The van der Waals surface area contributed by atoms with E-state index in [-0.39, 0.29) is 186 Å². The van der Waals surface area contributed by atoms with E-state index >= 15 is 0 Å². The van der Waals surface area contributed by atoms with Crippen molar-refractivity contribution in [2.24, 2.45) is 11.7 Å². The second-order valence-corrected chi connectivity index (χ2v) is 36.5. The van der Waals surface area contributed by atoms with Crippen molar-refractivity contribution in [1.29, 1.82) is 0 Å². The number of phenols is 5. The van der Waals surface area contributed by atoms with Crippen LogP contribution in [0.5, 0.6) is 57.5 Å². The summed E-state index contributed by atoms with van der Waals surface area (Å²) in [5.41, 5.74) is 15.0. The van der Waals surface area contributed by atoms with Gasteiger partial charge in [0.2, 0.25) is 0 Å². The number of fused-ring (bicyclic) bond motifs is 4. The topological polar surface area (TPSA) is 312 Å². The molecule has 682 valence electrons. The number of nitrogens with two attached hydrogens (primary N) is 1. The van der Waals surface area contributed by atoms with Gasteiger partial charge in [-0.05, 0) is 267 Å². The third-order valence-electron chi connectivity index (χ3n) is 20.8. The van der Waals surface area contributed by atoms with Gasteiger partial charge in [-0.3, -0.25) is 28.3 Å². The van der Waals surface area contributed by atoms with E-state index < -0.39 is 22.7 Å². The first kappa shape index (κ1) is 112.